The van der Waals surface area contributed by atoms with Crippen molar-refractivity contribution < 1.29 is 14.0 Å². The van der Waals surface area contributed by atoms with Crippen LogP contribution in [0.15, 0.2) is 41.7 Å². The fourth-order valence-electron chi connectivity index (χ4n) is 2.03. The summed E-state index contributed by atoms with van der Waals surface area (Å²) in [5.74, 6) is -1.03. The Hall–Kier alpha value is -2.51. The number of hydroxylamine groups is 1. The lowest BCUT2D eigenvalue weighted by molar-refractivity contribution is 0.235. The molecule has 0 aliphatic rings. The standard InChI is InChI=1S/C14H9ClF2N4O/c15-9-5-7(1-3-10(9)16)20-14(21-22)8-2-4-11(17)13-12(8)18-6-19-13/h1-6,22H,(H,18,19)(H,20,21). The van der Waals surface area contributed by atoms with E-state index in [2.05, 4.69) is 15.0 Å². The van der Waals surface area contributed by atoms with Crippen LogP contribution in [0.5, 0.6) is 0 Å². The van der Waals surface area contributed by atoms with Crippen LogP contribution in [0.2, 0.25) is 5.02 Å². The largest absolute Gasteiger partial charge is 0.344 e. The number of fused-ring (bicyclic) bond motifs is 1. The molecule has 8 heteroatoms. The Morgan fingerprint density at radius 1 is 1.23 bits per heavy atom. The third-order valence-electron chi connectivity index (χ3n) is 3.04. The van der Waals surface area contributed by atoms with Crippen LogP contribution in [-0.2, 0) is 0 Å². The smallest absolute Gasteiger partial charge is 0.159 e. The number of aromatic nitrogens is 2. The molecular weight excluding hydrogens is 314 g/mol. The molecule has 1 heterocycles. The summed E-state index contributed by atoms with van der Waals surface area (Å²) in [4.78, 5) is 10.8. The number of nitrogens with one attached hydrogen (secondary N) is 2. The molecule has 0 radical (unpaired) electrons. The van der Waals surface area contributed by atoms with Crippen LogP contribution in [0.1, 0.15) is 5.56 Å². The summed E-state index contributed by atoms with van der Waals surface area (Å²) < 4.78 is 26.8. The van der Waals surface area contributed by atoms with E-state index in [4.69, 9.17) is 11.6 Å². The Bertz CT molecular complexity index is 878. The third kappa shape index (κ3) is 2.51. The minimum Gasteiger partial charge on any atom is -0.344 e. The molecule has 0 fully saturated rings. The molecule has 0 spiro atoms. The Morgan fingerprint density at radius 2 is 2.00 bits per heavy atom. The second kappa shape index (κ2) is 5.70. The number of halogens is 3. The third-order valence-corrected chi connectivity index (χ3v) is 3.33. The van der Waals surface area contributed by atoms with E-state index >= 15 is 0 Å². The van der Waals surface area contributed by atoms with E-state index < -0.39 is 11.6 Å². The predicted octanol–water partition coefficient (Wildman–Crippen LogP) is 3.55. The van der Waals surface area contributed by atoms with Crippen LogP contribution in [0.4, 0.5) is 14.5 Å². The van der Waals surface area contributed by atoms with Crippen LogP contribution in [0.25, 0.3) is 11.0 Å². The molecule has 3 rings (SSSR count). The predicted molar refractivity (Wildman–Crippen MR) is 78.6 cm³/mol. The molecule has 0 saturated carbocycles. The fourth-order valence-corrected chi connectivity index (χ4v) is 2.20. The highest BCUT2D eigenvalue weighted by atomic mass is 35.5. The Labute approximate surface area is 128 Å². The minimum absolute atomic E-state index is 0.0388. The number of benzene rings is 2. The average Bonchev–Trinajstić information content (AvgIpc) is 3.00. The van der Waals surface area contributed by atoms with Gasteiger partial charge in [-0.3, -0.25) is 10.7 Å². The first-order chi connectivity index (χ1) is 10.6. The number of nitrogens with zero attached hydrogens (tertiary/aromatic N) is 2. The van der Waals surface area contributed by atoms with Gasteiger partial charge >= 0.3 is 0 Å². The molecular formula is C14H9ClF2N4O. The van der Waals surface area contributed by atoms with E-state index in [-0.39, 0.29) is 16.4 Å². The number of aliphatic imine (C=N–C) groups is 1. The summed E-state index contributed by atoms with van der Waals surface area (Å²) in [5, 5.41) is 9.22. The van der Waals surface area contributed by atoms with Crippen LogP contribution in [-0.4, -0.2) is 21.0 Å². The minimum atomic E-state index is -0.572. The van der Waals surface area contributed by atoms with Crippen molar-refractivity contribution in [1.29, 1.82) is 0 Å². The Balaban J connectivity index is 2.13. The molecule has 3 aromatic rings. The van der Waals surface area contributed by atoms with Crippen LogP contribution < -0.4 is 5.48 Å². The normalized spacial score (nSPS) is 11.9. The molecule has 112 valence electrons. The molecule has 0 aliphatic carbocycles. The molecule has 0 atom stereocenters. The van der Waals surface area contributed by atoms with E-state index in [1.165, 1.54) is 30.6 Å². The van der Waals surface area contributed by atoms with Crippen molar-refractivity contribution in [3.63, 3.8) is 0 Å². The van der Waals surface area contributed by atoms with Gasteiger partial charge in [0.2, 0.25) is 0 Å². The second-order valence-corrected chi connectivity index (χ2v) is 4.80. The molecule has 1 aromatic heterocycles. The van der Waals surface area contributed by atoms with Crippen LogP contribution in [0, 0.1) is 11.6 Å². The zero-order chi connectivity index (χ0) is 15.7. The zero-order valence-corrected chi connectivity index (χ0v) is 11.7. The number of imidazole rings is 1. The van der Waals surface area contributed by atoms with Crippen molar-refractivity contribution in [1.82, 2.24) is 15.4 Å². The van der Waals surface area contributed by atoms with Gasteiger partial charge in [-0.25, -0.2) is 18.8 Å². The molecule has 2 aromatic carbocycles. The summed E-state index contributed by atoms with van der Waals surface area (Å²) in [5.41, 5.74) is 3.16. The summed E-state index contributed by atoms with van der Waals surface area (Å²) in [6.45, 7) is 0. The lowest BCUT2D eigenvalue weighted by Crippen LogP contribution is -2.20. The fraction of sp³-hybridized carbons (Fsp3) is 0. The summed E-state index contributed by atoms with van der Waals surface area (Å²) in [6.07, 6.45) is 1.33. The van der Waals surface area contributed by atoms with Gasteiger partial charge in [-0.2, -0.15) is 0 Å². The number of amidine groups is 1. The second-order valence-electron chi connectivity index (χ2n) is 4.39. The molecule has 5 nitrogen and oxygen atoms in total. The highest BCUT2D eigenvalue weighted by Crippen LogP contribution is 2.24. The summed E-state index contributed by atoms with van der Waals surface area (Å²) in [7, 11) is 0. The van der Waals surface area contributed by atoms with Gasteiger partial charge in [-0.15, -0.1) is 0 Å². The first-order valence-electron chi connectivity index (χ1n) is 6.16. The van der Waals surface area contributed by atoms with E-state index in [1.54, 1.807) is 0 Å². The number of aromatic amines is 1. The quantitative estimate of drug-likeness (QED) is 0.384. The number of hydrogen-bond acceptors (Lipinski definition) is 3. The maximum atomic E-state index is 13.6. The van der Waals surface area contributed by atoms with Gasteiger partial charge in [-0.1, -0.05) is 11.6 Å². The number of hydrogen-bond donors (Lipinski definition) is 3. The van der Waals surface area contributed by atoms with Crippen molar-refractivity contribution >= 4 is 34.2 Å². The van der Waals surface area contributed by atoms with E-state index in [0.29, 0.717) is 16.8 Å². The lowest BCUT2D eigenvalue weighted by atomic mass is 10.1. The van der Waals surface area contributed by atoms with E-state index in [0.717, 1.165) is 6.07 Å². The van der Waals surface area contributed by atoms with Gasteiger partial charge in [0.05, 0.1) is 22.6 Å². The molecule has 0 amide bonds. The molecule has 0 saturated heterocycles. The van der Waals surface area contributed by atoms with Crippen molar-refractivity contribution in [2.45, 2.75) is 0 Å². The first-order valence-corrected chi connectivity index (χ1v) is 6.53. The Morgan fingerprint density at radius 3 is 2.73 bits per heavy atom. The maximum absolute atomic E-state index is 13.6. The Kier molecular flexibility index (Phi) is 3.74. The van der Waals surface area contributed by atoms with Crippen LogP contribution in [0.3, 0.4) is 0 Å². The van der Waals surface area contributed by atoms with Crippen molar-refractivity contribution in [3.05, 3.63) is 58.9 Å². The topological polar surface area (TPSA) is 73.3 Å². The number of H-pyrrole nitrogens is 1. The monoisotopic (exact) mass is 322 g/mol. The van der Waals surface area contributed by atoms with Gasteiger partial charge in [0, 0.05) is 5.56 Å². The molecule has 22 heavy (non-hydrogen) atoms. The van der Waals surface area contributed by atoms with Gasteiger partial charge in [0.1, 0.15) is 11.3 Å². The van der Waals surface area contributed by atoms with Gasteiger partial charge in [-0.05, 0) is 30.3 Å². The van der Waals surface area contributed by atoms with Crippen molar-refractivity contribution in [3.8, 4) is 0 Å². The highest BCUT2D eigenvalue weighted by Gasteiger charge is 2.13. The number of rotatable bonds is 2. The van der Waals surface area contributed by atoms with Crippen molar-refractivity contribution in [2.24, 2.45) is 4.99 Å². The van der Waals surface area contributed by atoms with Crippen molar-refractivity contribution in [2.75, 3.05) is 0 Å². The van der Waals surface area contributed by atoms with Gasteiger partial charge in [0.25, 0.3) is 0 Å². The van der Waals surface area contributed by atoms with E-state index in [1.807, 2.05) is 5.48 Å². The SMILES string of the molecule is ONC(=Nc1ccc(F)c(Cl)c1)c1ccc(F)c2nc[nH]c12. The first kappa shape index (κ1) is 14.4. The molecule has 3 N–H and O–H groups in total. The van der Waals surface area contributed by atoms with Crippen LogP contribution >= 0.6 is 11.6 Å². The summed E-state index contributed by atoms with van der Waals surface area (Å²) in [6, 6.07) is 6.51. The van der Waals surface area contributed by atoms with Gasteiger partial charge < -0.3 is 4.98 Å². The average molecular weight is 323 g/mol. The molecule has 0 bridgehead atoms. The summed E-state index contributed by atoms with van der Waals surface area (Å²) >= 11 is 5.69. The van der Waals surface area contributed by atoms with Gasteiger partial charge in [0.15, 0.2) is 11.7 Å². The van der Waals surface area contributed by atoms with E-state index in [9.17, 15) is 14.0 Å². The lowest BCUT2D eigenvalue weighted by Gasteiger charge is -2.07. The highest BCUT2D eigenvalue weighted by molar-refractivity contribution is 6.31. The zero-order valence-electron chi connectivity index (χ0n) is 10.9. The maximum Gasteiger partial charge on any atom is 0.159 e. The molecule has 0 unspecified atom stereocenters. The molecule has 0 aliphatic heterocycles.